The van der Waals surface area contributed by atoms with Crippen LogP contribution in [0.3, 0.4) is 0 Å². The van der Waals surface area contributed by atoms with Crippen LogP contribution in [0.4, 0.5) is 5.69 Å². The molecular weight excluding hydrogens is 406 g/mol. The number of aliphatic hydroxyl groups is 1. The minimum Gasteiger partial charge on any atom is -0.493 e. The van der Waals surface area contributed by atoms with Gasteiger partial charge in [0.25, 0.3) is 0 Å². The van der Waals surface area contributed by atoms with E-state index in [9.17, 15) is 5.11 Å². The summed E-state index contributed by atoms with van der Waals surface area (Å²) in [6.45, 7) is 9.02. The first kappa shape index (κ1) is 22.9. The van der Waals surface area contributed by atoms with Crippen LogP contribution in [-0.4, -0.2) is 93.8 Å². The highest BCUT2D eigenvalue weighted by molar-refractivity contribution is 5.46. The van der Waals surface area contributed by atoms with Crippen LogP contribution in [0.2, 0.25) is 0 Å². The summed E-state index contributed by atoms with van der Waals surface area (Å²) in [6.07, 6.45) is -0.543. The van der Waals surface area contributed by atoms with E-state index in [-0.39, 0.29) is 6.61 Å². The van der Waals surface area contributed by atoms with Gasteiger partial charge in [0.05, 0.1) is 20.3 Å². The highest BCUT2D eigenvalue weighted by Crippen LogP contribution is 2.29. The molecule has 2 aliphatic rings. The second-order valence-corrected chi connectivity index (χ2v) is 8.46. The third-order valence-electron chi connectivity index (χ3n) is 6.13. The first-order valence-electron chi connectivity index (χ1n) is 11.5. The van der Waals surface area contributed by atoms with E-state index in [1.54, 1.807) is 7.11 Å². The first-order valence-corrected chi connectivity index (χ1v) is 11.5. The van der Waals surface area contributed by atoms with Crippen molar-refractivity contribution in [2.75, 3.05) is 77.6 Å². The molecule has 0 bridgehead atoms. The third kappa shape index (κ3) is 6.36. The molecule has 32 heavy (non-hydrogen) atoms. The fourth-order valence-corrected chi connectivity index (χ4v) is 4.31. The van der Waals surface area contributed by atoms with Gasteiger partial charge in [0.15, 0.2) is 11.5 Å². The summed E-state index contributed by atoms with van der Waals surface area (Å²) in [4.78, 5) is 7.12. The monoisotopic (exact) mass is 441 g/mol. The first-order chi connectivity index (χ1) is 15.7. The topological polar surface area (TPSA) is 57.6 Å². The summed E-state index contributed by atoms with van der Waals surface area (Å²) < 4.78 is 16.8. The van der Waals surface area contributed by atoms with Crippen molar-refractivity contribution in [1.29, 1.82) is 0 Å². The van der Waals surface area contributed by atoms with E-state index in [1.165, 1.54) is 11.3 Å². The Morgan fingerprint density at radius 2 is 1.66 bits per heavy atom. The Morgan fingerprint density at radius 3 is 2.38 bits per heavy atom. The van der Waals surface area contributed by atoms with Crippen molar-refractivity contribution in [3.63, 3.8) is 0 Å². The molecule has 0 radical (unpaired) electrons. The van der Waals surface area contributed by atoms with Crippen LogP contribution in [0.1, 0.15) is 5.56 Å². The minimum atomic E-state index is -0.543. The lowest BCUT2D eigenvalue weighted by molar-refractivity contribution is 0.00445. The van der Waals surface area contributed by atoms with Gasteiger partial charge in [-0.15, -0.1) is 0 Å². The highest BCUT2D eigenvalue weighted by Gasteiger charge is 2.19. The summed E-state index contributed by atoms with van der Waals surface area (Å²) in [6, 6.07) is 16.7. The summed E-state index contributed by atoms with van der Waals surface area (Å²) in [5.74, 6) is 1.38. The standard InChI is InChI=1S/C25H35N3O4/c1-30-25-17-21(18-26-9-11-28(12-10-26)22-5-3-2-4-6-22)7-8-24(25)32-20-23(29)19-27-13-15-31-16-14-27/h2-8,17,23,29H,9-16,18-20H2,1H3. The summed E-state index contributed by atoms with van der Waals surface area (Å²) in [5, 5.41) is 10.3. The quantitative estimate of drug-likeness (QED) is 0.640. The van der Waals surface area contributed by atoms with Crippen molar-refractivity contribution < 1.29 is 19.3 Å². The molecule has 0 spiro atoms. The largest absolute Gasteiger partial charge is 0.493 e. The van der Waals surface area contributed by atoms with E-state index in [1.807, 2.05) is 12.1 Å². The van der Waals surface area contributed by atoms with E-state index < -0.39 is 6.10 Å². The van der Waals surface area contributed by atoms with Crippen molar-refractivity contribution in [3.8, 4) is 11.5 Å². The number of nitrogens with zero attached hydrogens (tertiary/aromatic N) is 3. The lowest BCUT2D eigenvalue weighted by atomic mass is 10.1. The lowest BCUT2D eigenvalue weighted by Gasteiger charge is -2.36. The highest BCUT2D eigenvalue weighted by atomic mass is 16.5. The number of para-hydroxylation sites is 1. The number of morpholine rings is 1. The van der Waals surface area contributed by atoms with Crippen LogP contribution in [0.15, 0.2) is 48.5 Å². The zero-order valence-electron chi connectivity index (χ0n) is 19.0. The van der Waals surface area contributed by atoms with Crippen molar-refractivity contribution in [2.45, 2.75) is 12.6 Å². The van der Waals surface area contributed by atoms with E-state index in [4.69, 9.17) is 14.2 Å². The Hall–Kier alpha value is -2.32. The maximum Gasteiger partial charge on any atom is 0.161 e. The van der Waals surface area contributed by atoms with Crippen LogP contribution < -0.4 is 14.4 Å². The van der Waals surface area contributed by atoms with Gasteiger partial charge in [0, 0.05) is 58.0 Å². The van der Waals surface area contributed by atoms with Crippen molar-refractivity contribution in [2.24, 2.45) is 0 Å². The van der Waals surface area contributed by atoms with Gasteiger partial charge < -0.3 is 24.2 Å². The Kier molecular flexibility index (Phi) is 8.23. The predicted octanol–water partition coefficient (Wildman–Crippen LogP) is 2.09. The summed E-state index contributed by atoms with van der Waals surface area (Å²) in [7, 11) is 1.66. The molecule has 0 saturated carbocycles. The van der Waals surface area contributed by atoms with Crippen LogP contribution >= 0.6 is 0 Å². The Morgan fingerprint density at radius 1 is 0.906 bits per heavy atom. The smallest absolute Gasteiger partial charge is 0.161 e. The zero-order chi connectivity index (χ0) is 22.2. The number of hydrogen-bond acceptors (Lipinski definition) is 7. The number of benzene rings is 2. The molecule has 0 aliphatic carbocycles. The molecule has 174 valence electrons. The van der Waals surface area contributed by atoms with E-state index >= 15 is 0 Å². The van der Waals surface area contributed by atoms with Gasteiger partial charge in [0.1, 0.15) is 12.7 Å². The summed E-state index contributed by atoms with van der Waals surface area (Å²) in [5.41, 5.74) is 2.50. The third-order valence-corrected chi connectivity index (χ3v) is 6.13. The molecule has 4 rings (SSSR count). The van der Waals surface area contributed by atoms with Crippen LogP contribution in [-0.2, 0) is 11.3 Å². The maximum absolute atomic E-state index is 10.3. The molecule has 2 fully saturated rings. The second-order valence-electron chi connectivity index (χ2n) is 8.46. The number of hydrogen-bond donors (Lipinski definition) is 1. The van der Waals surface area contributed by atoms with Crippen molar-refractivity contribution in [1.82, 2.24) is 9.80 Å². The molecule has 2 aliphatic heterocycles. The molecule has 7 nitrogen and oxygen atoms in total. The number of β-amino-alcohol motifs (C(OH)–C–C–N with tert-alkyl or cyclic N) is 1. The number of methoxy groups -OCH3 is 1. The van der Waals surface area contributed by atoms with Gasteiger partial charge in [-0.05, 0) is 29.8 Å². The van der Waals surface area contributed by atoms with Gasteiger partial charge in [-0.3, -0.25) is 9.80 Å². The fourth-order valence-electron chi connectivity index (χ4n) is 4.31. The molecule has 2 aromatic carbocycles. The van der Waals surface area contributed by atoms with E-state index in [2.05, 4.69) is 51.1 Å². The predicted molar refractivity (Wildman–Crippen MR) is 126 cm³/mol. The molecule has 7 heteroatoms. The van der Waals surface area contributed by atoms with Crippen LogP contribution in [0, 0.1) is 0 Å². The molecule has 2 aromatic rings. The molecular formula is C25H35N3O4. The number of anilines is 1. The van der Waals surface area contributed by atoms with Gasteiger partial charge in [-0.2, -0.15) is 0 Å². The molecule has 1 unspecified atom stereocenters. The normalized spacial score (nSPS) is 19.0. The molecule has 1 atom stereocenters. The zero-order valence-corrected chi connectivity index (χ0v) is 19.0. The average molecular weight is 442 g/mol. The molecule has 0 aromatic heterocycles. The minimum absolute atomic E-state index is 0.245. The second kappa shape index (κ2) is 11.5. The maximum atomic E-state index is 10.3. The number of ether oxygens (including phenoxy) is 3. The number of aliphatic hydroxyl groups excluding tert-OH is 1. The number of rotatable bonds is 9. The Balaban J connectivity index is 1.26. The van der Waals surface area contributed by atoms with Crippen molar-refractivity contribution in [3.05, 3.63) is 54.1 Å². The van der Waals surface area contributed by atoms with Gasteiger partial charge >= 0.3 is 0 Å². The molecule has 2 heterocycles. The van der Waals surface area contributed by atoms with Gasteiger partial charge in [-0.25, -0.2) is 0 Å². The molecule has 2 saturated heterocycles. The Bertz CT molecular complexity index is 821. The van der Waals surface area contributed by atoms with Gasteiger partial charge in [0.2, 0.25) is 0 Å². The van der Waals surface area contributed by atoms with E-state index in [0.717, 1.165) is 59.0 Å². The van der Waals surface area contributed by atoms with Crippen LogP contribution in [0.25, 0.3) is 0 Å². The van der Waals surface area contributed by atoms with Crippen molar-refractivity contribution >= 4 is 5.69 Å². The lowest BCUT2D eigenvalue weighted by Crippen LogP contribution is -2.45. The van der Waals surface area contributed by atoms with Gasteiger partial charge in [-0.1, -0.05) is 24.3 Å². The molecule has 1 N–H and O–H groups in total. The SMILES string of the molecule is COc1cc(CN2CCN(c3ccccc3)CC2)ccc1OCC(O)CN1CCOCC1. The van der Waals surface area contributed by atoms with E-state index in [0.29, 0.717) is 18.0 Å². The average Bonchev–Trinajstić information content (AvgIpc) is 2.85. The molecule has 0 amide bonds. The fraction of sp³-hybridized carbons (Fsp3) is 0.520. The van der Waals surface area contributed by atoms with Crippen LogP contribution in [0.5, 0.6) is 11.5 Å². The Labute approximate surface area is 191 Å². The number of piperazine rings is 1. The summed E-state index contributed by atoms with van der Waals surface area (Å²) >= 11 is 0.